The SMILES string of the molecule is CCOC(=O)[C@@H]1N(n2c(CC(C)C)nc3ccccc3c2=O)[C@@]1(C)c1ccccc1. The number of esters is 1. The molecule has 1 aliphatic heterocycles. The molecule has 3 aromatic rings. The van der Waals surface area contributed by atoms with Gasteiger partial charge in [0.05, 0.1) is 17.5 Å². The molecule has 0 radical (unpaired) electrons. The van der Waals surface area contributed by atoms with Crippen LogP contribution in [0.1, 0.15) is 39.1 Å². The first-order valence-corrected chi connectivity index (χ1v) is 10.4. The number of nitrogens with zero attached hydrogens (tertiary/aromatic N) is 3. The second-order valence-corrected chi connectivity index (χ2v) is 8.27. The third kappa shape index (κ3) is 3.16. The van der Waals surface area contributed by atoms with Gasteiger partial charge in [-0.3, -0.25) is 9.80 Å². The lowest BCUT2D eigenvalue weighted by atomic mass is 9.97. The summed E-state index contributed by atoms with van der Waals surface area (Å²) < 4.78 is 6.97. The van der Waals surface area contributed by atoms with Crippen LogP contribution in [0.2, 0.25) is 0 Å². The van der Waals surface area contributed by atoms with E-state index in [9.17, 15) is 9.59 Å². The number of rotatable bonds is 6. The van der Waals surface area contributed by atoms with Crippen molar-refractivity contribution in [2.24, 2.45) is 5.92 Å². The van der Waals surface area contributed by atoms with Gasteiger partial charge in [0.25, 0.3) is 5.56 Å². The maximum atomic E-state index is 13.6. The van der Waals surface area contributed by atoms with Gasteiger partial charge >= 0.3 is 5.97 Å². The van der Waals surface area contributed by atoms with Crippen molar-refractivity contribution >= 4 is 16.9 Å². The number of aromatic nitrogens is 2. The summed E-state index contributed by atoms with van der Waals surface area (Å²) in [6.45, 7) is 8.24. The van der Waals surface area contributed by atoms with Gasteiger partial charge in [0.15, 0.2) is 6.04 Å². The Bertz CT molecular complexity index is 1140. The number of benzene rings is 2. The van der Waals surface area contributed by atoms with Crippen molar-refractivity contribution in [1.29, 1.82) is 0 Å². The van der Waals surface area contributed by atoms with E-state index in [4.69, 9.17) is 9.72 Å². The zero-order chi connectivity index (χ0) is 21.5. The van der Waals surface area contributed by atoms with E-state index in [2.05, 4.69) is 13.8 Å². The summed E-state index contributed by atoms with van der Waals surface area (Å²) >= 11 is 0. The van der Waals surface area contributed by atoms with Gasteiger partial charge in [-0.05, 0) is 37.5 Å². The second kappa shape index (κ2) is 7.59. The molecule has 0 saturated carbocycles. The summed E-state index contributed by atoms with van der Waals surface area (Å²) in [4.78, 5) is 31.3. The van der Waals surface area contributed by atoms with Crippen molar-refractivity contribution in [2.75, 3.05) is 11.6 Å². The summed E-state index contributed by atoms with van der Waals surface area (Å²) in [5, 5.41) is 2.37. The van der Waals surface area contributed by atoms with Crippen LogP contribution in [0.15, 0.2) is 59.4 Å². The molecular formula is C24H27N3O3. The number of carbonyl (C=O) groups is 1. The van der Waals surface area contributed by atoms with E-state index >= 15 is 0 Å². The molecule has 2 atom stereocenters. The fourth-order valence-corrected chi connectivity index (χ4v) is 4.20. The van der Waals surface area contributed by atoms with Gasteiger partial charge in [-0.1, -0.05) is 56.3 Å². The maximum absolute atomic E-state index is 13.6. The van der Waals surface area contributed by atoms with Gasteiger partial charge in [-0.25, -0.2) is 14.5 Å². The molecule has 6 nitrogen and oxygen atoms in total. The van der Waals surface area contributed by atoms with Crippen LogP contribution >= 0.6 is 0 Å². The minimum Gasteiger partial charge on any atom is -0.464 e. The normalized spacial score (nSPS) is 20.6. The predicted octanol–water partition coefficient (Wildman–Crippen LogP) is 3.39. The first kappa shape index (κ1) is 20.1. The molecule has 6 heteroatoms. The Hall–Kier alpha value is -3.15. The highest BCUT2D eigenvalue weighted by Gasteiger charge is 2.67. The van der Waals surface area contributed by atoms with E-state index < -0.39 is 11.6 Å². The first-order valence-electron chi connectivity index (χ1n) is 10.4. The standard InChI is InChI=1S/C24H27N3O3/c1-5-30-23(29)21-24(4,17-11-7-6-8-12-17)27(21)26-20(15-16(2)3)25-19-14-10-9-13-18(19)22(26)28/h6-14,16,21H,5,15H2,1-4H3/t21-,24-,27?/m0/s1. The molecule has 2 heterocycles. The van der Waals surface area contributed by atoms with Crippen molar-refractivity contribution in [3.63, 3.8) is 0 Å². The van der Waals surface area contributed by atoms with E-state index in [1.807, 2.05) is 60.5 Å². The Labute approximate surface area is 176 Å². The highest BCUT2D eigenvalue weighted by Crippen LogP contribution is 2.48. The lowest BCUT2D eigenvalue weighted by molar-refractivity contribution is -0.142. The molecule has 1 aliphatic rings. The predicted molar refractivity (Wildman–Crippen MR) is 117 cm³/mol. The molecule has 1 aromatic heterocycles. The lowest BCUT2D eigenvalue weighted by Gasteiger charge is -2.20. The van der Waals surface area contributed by atoms with Crippen LogP contribution in [0.5, 0.6) is 0 Å². The van der Waals surface area contributed by atoms with E-state index in [0.717, 1.165) is 5.56 Å². The third-order valence-corrected chi connectivity index (χ3v) is 5.68. The number of fused-ring (bicyclic) bond motifs is 1. The average molecular weight is 405 g/mol. The van der Waals surface area contributed by atoms with Crippen molar-refractivity contribution in [1.82, 2.24) is 9.66 Å². The van der Waals surface area contributed by atoms with Crippen LogP contribution in [0.3, 0.4) is 0 Å². The minimum absolute atomic E-state index is 0.162. The Morgan fingerprint density at radius 3 is 2.47 bits per heavy atom. The summed E-state index contributed by atoms with van der Waals surface area (Å²) in [7, 11) is 0. The third-order valence-electron chi connectivity index (χ3n) is 5.68. The number of hydrogen-bond donors (Lipinski definition) is 0. The van der Waals surface area contributed by atoms with Gasteiger partial charge < -0.3 is 4.74 Å². The van der Waals surface area contributed by atoms with Crippen LogP contribution in [0.4, 0.5) is 0 Å². The molecule has 0 unspecified atom stereocenters. The van der Waals surface area contributed by atoms with Gasteiger partial charge in [0.1, 0.15) is 11.4 Å². The van der Waals surface area contributed by atoms with Crippen molar-refractivity contribution in [3.8, 4) is 0 Å². The molecule has 0 spiro atoms. The van der Waals surface area contributed by atoms with E-state index in [0.29, 0.717) is 29.1 Å². The smallest absolute Gasteiger partial charge is 0.333 e. The van der Waals surface area contributed by atoms with Crippen LogP contribution in [0.25, 0.3) is 10.9 Å². The lowest BCUT2D eigenvalue weighted by Crippen LogP contribution is -2.37. The molecule has 0 amide bonds. The topological polar surface area (TPSA) is 64.2 Å². The fourth-order valence-electron chi connectivity index (χ4n) is 4.20. The summed E-state index contributed by atoms with van der Waals surface area (Å²) in [5.41, 5.74) is 0.780. The zero-order valence-corrected chi connectivity index (χ0v) is 17.8. The summed E-state index contributed by atoms with van der Waals surface area (Å²) in [6, 6.07) is 16.5. The maximum Gasteiger partial charge on any atom is 0.333 e. The Balaban J connectivity index is 1.94. The van der Waals surface area contributed by atoms with Gasteiger partial charge in [0, 0.05) is 6.42 Å². The Morgan fingerprint density at radius 1 is 1.13 bits per heavy atom. The largest absolute Gasteiger partial charge is 0.464 e. The van der Waals surface area contributed by atoms with Gasteiger partial charge in [0.2, 0.25) is 0 Å². The molecule has 156 valence electrons. The highest BCUT2D eigenvalue weighted by molar-refractivity contribution is 5.87. The minimum atomic E-state index is -0.687. The summed E-state index contributed by atoms with van der Waals surface area (Å²) in [6.07, 6.45) is 0.622. The van der Waals surface area contributed by atoms with Crippen molar-refractivity contribution < 1.29 is 9.53 Å². The zero-order valence-electron chi connectivity index (χ0n) is 17.8. The van der Waals surface area contributed by atoms with Crippen LogP contribution in [-0.4, -0.2) is 28.3 Å². The van der Waals surface area contributed by atoms with E-state index in [-0.39, 0.29) is 18.1 Å². The van der Waals surface area contributed by atoms with Crippen molar-refractivity contribution in [3.05, 3.63) is 76.3 Å². The second-order valence-electron chi connectivity index (χ2n) is 8.27. The summed E-state index contributed by atoms with van der Waals surface area (Å²) in [5.74, 6) is 0.621. The van der Waals surface area contributed by atoms with E-state index in [1.165, 1.54) is 0 Å². The molecule has 0 bridgehead atoms. The molecule has 30 heavy (non-hydrogen) atoms. The molecule has 0 aliphatic carbocycles. The number of carbonyl (C=O) groups excluding carboxylic acids is 1. The van der Waals surface area contributed by atoms with E-state index in [1.54, 1.807) is 17.7 Å². The number of ether oxygens (including phenoxy) is 1. The molecular weight excluding hydrogens is 378 g/mol. The average Bonchev–Trinajstić information content (AvgIpc) is 3.35. The van der Waals surface area contributed by atoms with Crippen LogP contribution < -0.4 is 10.6 Å². The molecule has 1 fully saturated rings. The van der Waals surface area contributed by atoms with Crippen molar-refractivity contribution in [2.45, 2.75) is 45.7 Å². The molecule has 4 rings (SSSR count). The Kier molecular flexibility index (Phi) is 5.10. The molecule has 1 saturated heterocycles. The molecule has 2 aromatic carbocycles. The monoisotopic (exact) mass is 405 g/mol. The Morgan fingerprint density at radius 2 is 1.80 bits per heavy atom. The molecule has 0 N–H and O–H groups in total. The first-order chi connectivity index (χ1) is 14.4. The van der Waals surface area contributed by atoms with Crippen LogP contribution in [-0.2, 0) is 21.5 Å². The van der Waals surface area contributed by atoms with Gasteiger partial charge in [-0.15, -0.1) is 0 Å². The highest BCUT2D eigenvalue weighted by atomic mass is 16.5. The quantitative estimate of drug-likeness (QED) is 0.465. The number of hydrogen-bond acceptors (Lipinski definition) is 5. The van der Waals surface area contributed by atoms with Gasteiger partial charge in [-0.2, -0.15) is 0 Å². The van der Waals surface area contributed by atoms with Crippen LogP contribution in [0, 0.1) is 5.92 Å². The fraction of sp³-hybridized carbons (Fsp3) is 0.375. The number of para-hydroxylation sites is 1.